The van der Waals surface area contributed by atoms with Crippen LogP contribution in [0.4, 0.5) is 10.1 Å². The Hall–Kier alpha value is -3.85. The van der Waals surface area contributed by atoms with E-state index in [4.69, 9.17) is 14.2 Å². The molecule has 1 atom stereocenters. The lowest BCUT2D eigenvalue weighted by atomic mass is 9.94. The fourth-order valence-electron chi connectivity index (χ4n) is 4.06. The Kier molecular flexibility index (Phi) is 6.79. The summed E-state index contributed by atoms with van der Waals surface area (Å²) >= 11 is 3.34. The van der Waals surface area contributed by atoms with Crippen molar-refractivity contribution in [3.63, 3.8) is 0 Å². The number of anilines is 1. The normalized spacial score (nSPS) is 16.9. The zero-order valence-corrected chi connectivity index (χ0v) is 20.6. The Labute approximate surface area is 209 Å². The first-order chi connectivity index (χ1) is 16.8. The maximum atomic E-state index is 14.1. The van der Waals surface area contributed by atoms with E-state index in [9.17, 15) is 19.1 Å². The van der Waals surface area contributed by atoms with E-state index >= 15 is 0 Å². The van der Waals surface area contributed by atoms with Crippen LogP contribution < -0.4 is 19.1 Å². The van der Waals surface area contributed by atoms with Crippen LogP contribution in [0.5, 0.6) is 17.2 Å². The highest BCUT2D eigenvalue weighted by Crippen LogP contribution is 2.47. The molecule has 0 aromatic heterocycles. The molecule has 1 saturated heterocycles. The van der Waals surface area contributed by atoms with Gasteiger partial charge in [0, 0.05) is 15.7 Å². The average Bonchev–Trinajstić information content (AvgIpc) is 3.13. The van der Waals surface area contributed by atoms with E-state index in [2.05, 4.69) is 15.9 Å². The standard InChI is InChI=1S/C26H21BrFNO6/c1-33-19-11-15(12-20(34-2)25(19)35-3)22-21(23(30)14-7-9-16(27)10-8-14)24(31)26(32)29(22)18-6-4-5-17(28)13-18/h4-13,22,30H,1-3H3/b23-21+. The highest BCUT2D eigenvalue weighted by molar-refractivity contribution is 9.10. The van der Waals surface area contributed by atoms with Gasteiger partial charge in [-0.2, -0.15) is 0 Å². The zero-order chi connectivity index (χ0) is 25.3. The molecule has 1 heterocycles. The molecule has 4 rings (SSSR count). The lowest BCUT2D eigenvalue weighted by molar-refractivity contribution is -0.132. The van der Waals surface area contributed by atoms with Gasteiger partial charge in [0.25, 0.3) is 11.7 Å². The van der Waals surface area contributed by atoms with Gasteiger partial charge in [-0.25, -0.2) is 4.39 Å². The minimum atomic E-state index is -1.10. The monoisotopic (exact) mass is 541 g/mol. The van der Waals surface area contributed by atoms with Crippen molar-refractivity contribution in [2.75, 3.05) is 26.2 Å². The number of aliphatic hydroxyl groups excluding tert-OH is 1. The number of hydrogen-bond donors (Lipinski definition) is 1. The van der Waals surface area contributed by atoms with Crippen LogP contribution >= 0.6 is 15.9 Å². The maximum absolute atomic E-state index is 14.1. The topological polar surface area (TPSA) is 85.3 Å². The summed E-state index contributed by atoms with van der Waals surface area (Å²) in [7, 11) is 4.32. The third-order valence-electron chi connectivity index (χ3n) is 5.65. The molecule has 0 spiro atoms. The van der Waals surface area contributed by atoms with Crippen LogP contribution in [0.1, 0.15) is 17.2 Å². The Morgan fingerprint density at radius 3 is 2.11 bits per heavy atom. The fourth-order valence-corrected chi connectivity index (χ4v) is 4.33. The smallest absolute Gasteiger partial charge is 0.300 e. The Balaban J connectivity index is 2.02. The molecule has 180 valence electrons. The number of benzene rings is 3. The Morgan fingerprint density at radius 1 is 0.943 bits per heavy atom. The van der Waals surface area contributed by atoms with Gasteiger partial charge in [-0.05, 0) is 48.0 Å². The van der Waals surface area contributed by atoms with Crippen molar-refractivity contribution < 1.29 is 33.3 Å². The van der Waals surface area contributed by atoms with Gasteiger partial charge in [0.05, 0.1) is 32.9 Å². The third kappa shape index (κ3) is 4.35. The summed E-state index contributed by atoms with van der Waals surface area (Å²) in [6, 6.07) is 14.0. The van der Waals surface area contributed by atoms with E-state index in [1.807, 2.05) is 0 Å². The van der Waals surface area contributed by atoms with Crippen LogP contribution in [0.25, 0.3) is 5.76 Å². The second-order valence-corrected chi connectivity index (χ2v) is 8.53. The van der Waals surface area contributed by atoms with Gasteiger partial charge in [-0.15, -0.1) is 0 Å². The molecular formula is C26H21BrFNO6. The summed E-state index contributed by atoms with van der Waals surface area (Å²) < 4.78 is 31.2. The number of ether oxygens (including phenoxy) is 3. The number of carbonyl (C=O) groups is 2. The number of rotatable bonds is 6. The van der Waals surface area contributed by atoms with Gasteiger partial charge in [0.15, 0.2) is 11.5 Å². The van der Waals surface area contributed by atoms with Crippen molar-refractivity contribution in [1.82, 2.24) is 0 Å². The van der Waals surface area contributed by atoms with Gasteiger partial charge >= 0.3 is 0 Å². The number of amides is 1. The molecule has 0 bridgehead atoms. The van der Waals surface area contributed by atoms with E-state index in [0.29, 0.717) is 16.9 Å². The molecule has 1 fully saturated rings. The van der Waals surface area contributed by atoms with Gasteiger partial charge in [0.1, 0.15) is 11.6 Å². The Bertz CT molecular complexity index is 1310. The molecule has 7 nitrogen and oxygen atoms in total. The molecule has 3 aromatic carbocycles. The fraction of sp³-hybridized carbons (Fsp3) is 0.154. The van der Waals surface area contributed by atoms with Crippen molar-refractivity contribution in [2.45, 2.75) is 6.04 Å². The number of hydrogen-bond acceptors (Lipinski definition) is 6. The molecule has 3 aromatic rings. The first-order valence-electron chi connectivity index (χ1n) is 10.4. The number of carbonyl (C=O) groups excluding carboxylic acids is 2. The number of aliphatic hydroxyl groups is 1. The molecular weight excluding hydrogens is 521 g/mol. The van der Waals surface area contributed by atoms with Crippen LogP contribution in [0, 0.1) is 5.82 Å². The molecule has 0 saturated carbocycles. The van der Waals surface area contributed by atoms with Crippen LogP contribution in [-0.4, -0.2) is 38.1 Å². The Morgan fingerprint density at radius 2 is 1.57 bits per heavy atom. The maximum Gasteiger partial charge on any atom is 0.300 e. The van der Waals surface area contributed by atoms with Gasteiger partial charge < -0.3 is 19.3 Å². The van der Waals surface area contributed by atoms with Gasteiger partial charge in [0.2, 0.25) is 5.75 Å². The second-order valence-electron chi connectivity index (χ2n) is 7.61. The number of nitrogens with zero attached hydrogens (tertiary/aromatic N) is 1. The minimum Gasteiger partial charge on any atom is -0.507 e. The van der Waals surface area contributed by atoms with Crippen molar-refractivity contribution >= 4 is 39.1 Å². The van der Waals surface area contributed by atoms with Crippen molar-refractivity contribution in [3.05, 3.63) is 87.7 Å². The SMILES string of the molecule is COc1cc(C2/C(=C(\O)c3ccc(Br)cc3)C(=O)C(=O)N2c2cccc(F)c2)cc(OC)c1OC. The molecule has 9 heteroatoms. The quantitative estimate of drug-likeness (QED) is 0.261. The number of halogens is 2. The van der Waals surface area contributed by atoms with E-state index in [1.165, 1.54) is 39.5 Å². The van der Waals surface area contributed by atoms with Crippen molar-refractivity contribution in [3.8, 4) is 17.2 Å². The number of methoxy groups -OCH3 is 3. The van der Waals surface area contributed by atoms with E-state index in [1.54, 1.807) is 36.4 Å². The minimum absolute atomic E-state index is 0.153. The summed E-state index contributed by atoms with van der Waals surface area (Å²) in [5.41, 5.74) is 0.723. The van der Waals surface area contributed by atoms with Crippen molar-refractivity contribution in [2.24, 2.45) is 0 Å². The molecule has 1 unspecified atom stereocenters. The summed E-state index contributed by atoms with van der Waals surface area (Å²) in [6.45, 7) is 0. The second kappa shape index (κ2) is 9.79. The average molecular weight is 542 g/mol. The first-order valence-corrected chi connectivity index (χ1v) is 11.2. The number of ketones is 1. The predicted octanol–water partition coefficient (Wildman–Crippen LogP) is 5.24. The van der Waals surface area contributed by atoms with Crippen molar-refractivity contribution in [1.29, 1.82) is 0 Å². The van der Waals surface area contributed by atoms with Crippen LogP contribution in [-0.2, 0) is 9.59 Å². The molecule has 1 N–H and O–H groups in total. The third-order valence-corrected chi connectivity index (χ3v) is 6.18. The molecule has 1 aliphatic heterocycles. The van der Waals surface area contributed by atoms with Crippen LogP contribution in [0.2, 0.25) is 0 Å². The van der Waals surface area contributed by atoms with Crippen LogP contribution in [0.15, 0.2) is 70.7 Å². The van der Waals surface area contributed by atoms with Crippen LogP contribution in [0.3, 0.4) is 0 Å². The summed E-state index contributed by atoms with van der Waals surface area (Å²) in [5.74, 6) is -1.88. The van der Waals surface area contributed by atoms with E-state index < -0.39 is 23.5 Å². The molecule has 1 amide bonds. The zero-order valence-electron chi connectivity index (χ0n) is 19.0. The highest BCUT2D eigenvalue weighted by Gasteiger charge is 2.47. The highest BCUT2D eigenvalue weighted by atomic mass is 79.9. The summed E-state index contributed by atoms with van der Waals surface area (Å²) in [6.07, 6.45) is 0. The lowest BCUT2D eigenvalue weighted by Gasteiger charge is -2.26. The first kappa shape index (κ1) is 24.3. The predicted molar refractivity (Wildman–Crippen MR) is 131 cm³/mol. The van der Waals surface area contributed by atoms with Gasteiger partial charge in [-0.1, -0.05) is 34.1 Å². The van der Waals surface area contributed by atoms with E-state index in [-0.39, 0.29) is 28.5 Å². The number of Topliss-reactive ketones (excluding diaryl/α,β-unsaturated/α-hetero) is 1. The molecule has 0 aliphatic carbocycles. The molecule has 0 radical (unpaired) electrons. The largest absolute Gasteiger partial charge is 0.507 e. The summed E-state index contributed by atoms with van der Waals surface area (Å²) in [5, 5.41) is 11.2. The molecule has 1 aliphatic rings. The molecule has 35 heavy (non-hydrogen) atoms. The van der Waals surface area contributed by atoms with E-state index in [0.717, 1.165) is 15.4 Å². The van der Waals surface area contributed by atoms with Gasteiger partial charge in [-0.3, -0.25) is 14.5 Å². The lowest BCUT2D eigenvalue weighted by Crippen LogP contribution is -2.29. The summed E-state index contributed by atoms with van der Waals surface area (Å²) in [4.78, 5) is 27.7.